The van der Waals surface area contributed by atoms with Crippen LogP contribution in [0.15, 0.2) is 18.2 Å². The van der Waals surface area contributed by atoms with Gasteiger partial charge in [0.15, 0.2) is 0 Å². The second kappa shape index (κ2) is 10.0. The molecular weight excluding hydrogens is 333 g/mol. The molecule has 0 bridgehead atoms. The molecule has 0 heterocycles. The van der Waals surface area contributed by atoms with Crippen molar-refractivity contribution >= 4 is 36.4 Å². The van der Waals surface area contributed by atoms with Gasteiger partial charge in [-0.1, -0.05) is 26.8 Å². The van der Waals surface area contributed by atoms with Crippen molar-refractivity contribution in [2.75, 3.05) is 26.4 Å². The van der Waals surface area contributed by atoms with Crippen molar-refractivity contribution in [3.8, 4) is 0 Å². The summed E-state index contributed by atoms with van der Waals surface area (Å²) in [5, 5.41) is 3.18. The number of anilines is 1. The van der Waals surface area contributed by atoms with Crippen molar-refractivity contribution in [3.63, 3.8) is 0 Å². The molecule has 0 radical (unpaired) electrons. The van der Waals surface area contributed by atoms with Crippen molar-refractivity contribution in [1.29, 1.82) is 0 Å². The largest absolute Gasteiger partial charge is 0.399 e. The van der Waals surface area contributed by atoms with Gasteiger partial charge in [-0.25, -0.2) is 0 Å². The van der Waals surface area contributed by atoms with E-state index in [4.69, 9.17) is 5.73 Å². The highest BCUT2D eigenvalue weighted by molar-refractivity contribution is 5.96. The summed E-state index contributed by atoms with van der Waals surface area (Å²) >= 11 is 0. The Morgan fingerprint density at radius 2 is 1.83 bits per heavy atom. The van der Waals surface area contributed by atoms with Gasteiger partial charge in [-0.3, -0.25) is 4.79 Å². The van der Waals surface area contributed by atoms with E-state index in [9.17, 15) is 4.79 Å². The number of amides is 1. The summed E-state index contributed by atoms with van der Waals surface area (Å²) < 4.78 is 0. The zero-order chi connectivity index (χ0) is 16.2. The Kier molecular flexibility index (Phi) is 10.6. The number of nitrogens with one attached hydrogen (secondary N) is 1. The molecule has 0 aliphatic heterocycles. The monoisotopic (exact) mass is 363 g/mol. The van der Waals surface area contributed by atoms with Gasteiger partial charge in [-0.05, 0) is 57.1 Å². The number of benzene rings is 1. The predicted molar refractivity (Wildman–Crippen MR) is 104 cm³/mol. The average Bonchev–Trinajstić information content (AvgIpc) is 2.35. The molecular formula is C17H31Cl2N3O. The minimum atomic E-state index is -0.0431. The Hall–Kier alpha value is -0.970. The van der Waals surface area contributed by atoms with Gasteiger partial charge in [0.05, 0.1) is 0 Å². The summed E-state index contributed by atoms with van der Waals surface area (Å²) in [5.74, 6) is -0.0431. The highest BCUT2D eigenvalue weighted by Crippen LogP contribution is 2.23. The normalized spacial score (nSPS) is 12.1. The molecule has 0 aliphatic carbocycles. The number of hydrogen-bond acceptors (Lipinski definition) is 3. The lowest BCUT2D eigenvalue weighted by molar-refractivity contribution is 0.0892. The highest BCUT2D eigenvalue weighted by atomic mass is 35.5. The van der Waals surface area contributed by atoms with Crippen LogP contribution < -0.4 is 11.1 Å². The van der Waals surface area contributed by atoms with Gasteiger partial charge in [0.2, 0.25) is 0 Å². The summed E-state index contributed by atoms with van der Waals surface area (Å²) in [5.41, 5.74) is 8.03. The molecule has 0 fully saturated rings. The Morgan fingerprint density at radius 1 is 1.26 bits per heavy atom. The third-order valence-corrected chi connectivity index (χ3v) is 3.72. The van der Waals surface area contributed by atoms with Crippen LogP contribution in [0.4, 0.5) is 5.69 Å². The first-order chi connectivity index (χ1) is 9.61. The van der Waals surface area contributed by atoms with Gasteiger partial charge < -0.3 is 16.0 Å². The average molecular weight is 364 g/mol. The molecule has 0 aliphatic rings. The molecule has 0 saturated heterocycles. The summed E-state index contributed by atoms with van der Waals surface area (Å²) in [6.07, 6.45) is 0.920. The SMILES string of the molecule is Cc1ccc(N)cc1C(=O)NC(CCN(C)C)C(C)(C)C.Cl.Cl. The predicted octanol–water partition coefficient (Wildman–Crippen LogP) is 3.52. The van der Waals surface area contributed by atoms with E-state index in [0.29, 0.717) is 11.3 Å². The fourth-order valence-corrected chi connectivity index (χ4v) is 2.23. The minimum absolute atomic E-state index is 0. The standard InChI is InChI=1S/C17H29N3O.2ClH/c1-12-7-8-13(18)11-14(12)16(21)19-15(17(2,3)4)9-10-20(5)6;;/h7-8,11,15H,9-10,18H2,1-6H3,(H,19,21);2*1H. The van der Waals surface area contributed by atoms with Crippen molar-refractivity contribution in [1.82, 2.24) is 10.2 Å². The fourth-order valence-electron chi connectivity index (χ4n) is 2.23. The van der Waals surface area contributed by atoms with Gasteiger partial charge in [0.1, 0.15) is 0 Å². The maximum Gasteiger partial charge on any atom is 0.251 e. The van der Waals surface area contributed by atoms with E-state index in [2.05, 4.69) is 31.0 Å². The van der Waals surface area contributed by atoms with Crippen LogP contribution >= 0.6 is 24.8 Å². The zero-order valence-electron chi connectivity index (χ0n) is 15.0. The highest BCUT2D eigenvalue weighted by Gasteiger charge is 2.26. The van der Waals surface area contributed by atoms with Crippen LogP contribution in [-0.4, -0.2) is 37.5 Å². The molecule has 134 valence electrons. The molecule has 1 aromatic carbocycles. The summed E-state index contributed by atoms with van der Waals surface area (Å²) in [6.45, 7) is 9.33. The number of nitrogen functional groups attached to an aromatic ring is 1. The van der Waals surface area contributed by atoms with Crippen LogP contribution in [0.1, 0.15) is 43.1 Å². The van der Waals surface area contributed by atoms with Gasteiger partial charge >= 0.3 is 0 Å². The Balaban J connectivity index is 0. The maximum atomic E-state index is 12.5. The maximum absolute atomic E-state index is 12.5. The molecule has 1 atom stereocenters. The second-order valence-electron chi connectivity index (χ2n) is 7.06. The third kappa shape index (κ3) is 7.91. The smallest absolute Gasteiger partial charge is 0.251 e. The first kappa shape index (κ1) is 24.3. The first-order valence-electron chi connectivity index (χ1n) is 7.43. The molecule has 6 heteroatoms. The lowest BCUT2D eigenvalue weighted by Crippen LogP contribution is -2.45. The van der Waals surface area contributed by atoms with Gasteiger partial charge in [0.25, 0.3) is 5.91 Å². The van der Waals surface area contributed by atoms with E-state index in [1.54, 1.807) is 6.07 Å². The summed E-state index contributed by atoms with van der Waals surface area (Å²) in [6, 6.07) is 5.57. The second-order valence-corrected chi connectivity index (χ2v) is 7.06. The van der Waals surface area contributed by atoms with E-state index in [0.717, 1.165) is 18.5 Å². The number of carbonyl (C=O) groups is 1. The molecule has 0 aromatic heterocycles. The molecule has 0 spiro atoms. The van der Waals surface area contributed by atoms with Gasteiger partial charge in [0, 0.05) is 17.3 Å². The van der Waals surface area contributed by atoms with Crippen LogP contribution in [0.2, 0.25) is 0 Å². The lowest BCUT2D eigenvalue weighted by atomic mass is 9.84. The molecule has 1 aromatic rings. The molecule has 1 rings (SSSR count). The van der Waals surface area contributed by atoms with Crippen molar-refractivity contribution in [2.45, 2.75) is 40.2 Å². The molecule has 3 N–H and O–H groups in total. The van der Waals surface area contributed by atoms with Crippen LogP contribution in [-0.2, 0) is 0 Å². The lowest BCUT2D eigenvalue weighted by Gasteiger charge is -2.32. The Bertz CT molecular complexity index is 499. The van der Waals surface area contributed by atoms with Crippen LogP contribution in [0.25, 0.3) is 0 Å². The van der Waals surface area contributed by atoms with E-state index >= 15 is 0 Å². The third-order valence-electron chi connectivity index (χ3n) is 3.72. The quantitative estimate of drug-likeness (QED) is 0.786. The number of halogens is 2. The van der Waals surface area contributed by atoms with E-state index < -0.39 is 0 Å². The van der Waals surface area contributed by atoms with Crippen molar-refractivity contribution in [2.24, 2.45) is 5.41 Å². The summed E-state index contributed by atoms with van der Waals surface area (Å²) in [7, 11) is 4.09. The van der Waals surface area contributed by atoms with Crippen LogP contribution in [0.3, 0.4) is 0 Å². The number of nitrogens with two attached hydrogens (primary N) is 1. The topological polar surface area (TPSA) is 58.4 Å². The van der Waals surface area contributed by atoms with Gasteiger partial charge in [-0.2, -0.15) is 0 Å². The first-order valence-corrected chi connectivity index (χ1v) is 7.43. The fraction of sp³-hybridized carbons (Fsp3) is 0.588. The molecule has 4 nitrogen and oxygen atoms in total. The number of carbonyl (C=O) groups excluding carboxylic acids is 1. The molecule has 0 saturated carbocycles. The van der Waals surface area contributed by atoms with Crippen molar-refractivity contribution in [3.05, 3.63) is 29.3 Å². The molecule has 23 heavy (non-hydrogen) atoms. The van der Waals surface area contributed by atoms with E-state index in [-0.39, 0.29) is 42.2 Å². The molecule has 1 amide bonds. The summed E-state index contributed by atoms with van der Waals surface area (Å²) in [4.78, 5) is 14.7. The molecule has 1 unspecified atom stereocenters. The van der Waals surface area contributed by atoms with Crippen LogP contribution in [0.5, 0.6) is 0 Å². The van der Waals surface area contributed by atoms with Crippen molar-refractivity contribution < 1.29 is 4.79 Å². The number of rotatable bonds is 5. The number of nitrogens with zero attached hydrogens (tertiary/aromatic N) is 1. The number of hydrogen-bond donors (Lipinski definition) is 2. The zero-order valence-corrected chi connectivity index (χ0v) is 16.6. The minimum Gasteiger partial charge on any atom is -0.399 e. The van der Waals surface area contributed by atoms with Gasteiger partial charge in [-0.15, -0.1) is 24.8 Å². The van der Waals surface area contributed by atoms with E-state index in [1.807, 2.05) is 33.2 Å². The Labute approximate surface area is 153 Å². The number of aryl methyl sites for hydroxylation is 1. The Morgan fingerprint density at radius 3 is 2.30 bits per heavy atom. The van der Waals surface area contributed by atoms with E-state index in [1.165, 1.54) is 0 Å². The van der Waals surface area contributed by atoms with Crippen LogP contribution in [0, 0.1) is 12.3 Å².